The van der Waals surface area contributed by atoms with Crippen molar-refractivity contribution in [2.24, 2.45) is 0 Å². The molecule has 2 rings (SSSR count). The van der Waals surface area contributed by atoms with Gasteiger partial charge in [0.05, 0.1) is 22.1 Å². The van der Waals surface area contributed by atoms with Gasteiger partial charge in [-0.15, -0.1) is 0 Å². The van der Waals surface area contributed by atoms with Gasteiger partial charge in [0, 0.05) is 27.5 Å². The van der Waals surface area contributed by atoms with Crippen molar-refractivity contribution >= 4 is 54.8 Å². The zero-order valence-electron chi connectivity index (χ0n) is 12.7. The number of nitro benzene ring substituents is 1. The first-order valence-corrected chi connectivity index (χ1v) is 8.39. The van der Waals surface area contributed by atoms with Crippen LogP contribution in [0.2, 0.25) is 0 Å². The lowest BCUT2D eigenvalue weighted by molar-refractivity contribution is -0.385. The maximum Gasteiger partial charge on any atom is 0.309 e. The van der Waals surface area contributed by atoms with E-state index in [1.165, 1.54) is 16.8 Å². The molecule has 0 saturated heterocycles. The summed E-state index contributed by atoms with van der Waals surface area (Å²) >= 11 is 6.36. The monoisotopic (exact) mass is 475 g/mol. The summed E-state index contributed by atoms with van der Waals surface area (Å²) in [6.07, 6.45) is 1.16. The lowest BCUT2D eigenvalue weighted by Crippen LogP contribution is -2.16. The minimum Gasteiger partial charge on any atom is -0.324 e. The SMILES string of the molecule is Cc1c([N+](=O)[O-])cnn1CCC(=O)Nc1c(Br)cc([N+](=O)[O-])cc1Br. The van der Waals surface area contributed by atoms with Gasteiger partial charge in [-0.2, -0.15) is 5.10 Å². The number of halogens is 2. The number of nitro groups is 2. The number of non-ortho nitro benzene ring substituents is 1. The molecule has 0 spiro atoms. The molecule has 1 aromatic heterocycles. The molecule has 0 atom stereocenters. The predicted octanol–water partition coefficient (Wildman–Crippen LogP) is 3.56. The first-order valence-electron chi connectivity index (χ1n) is 6.80. The van der Waals surface area contributed by atoms with E-state index >= 15 is 0 Å². The highest BCUT2D eigenvalue weighted by Gasteiger charge is 2.18. The summed E-state index contributed by atoms with van der Waals surface area (Å²) < 4.78 is 2.08. The van der Waals surface area contributed by atoms with Crippen LogP contribution in [-0.4, -0.2) is 25.5 Å². The normalized spacial score (nSPS) is 10.5. The minimum absolute atomic E-state index is 0.0234. The zero-order valence-corrected chi connectivity index (χ0v) is 15.9. The van der Waals surface area contributed by atoms with Crippen molar-refractivity contribution in [2.45, 2.75) is 19.9 Å². The van der Waals surface area contributed by atoms with Gasteiger partial charge in [-0.25, -0.2) is 0 Å². The van der Waals surface area contributed by atoms with Crippen LogP contribution in [0.5, 0.6) is 0 Å². The number of aryl methyl sites for hydroxylation is 1. The van der Waals surface area contributed by atoms with Gasteiger partial charge in [-0.3, -0.25) is 29.7 Å². The molecular formula is C13H11Br2N5O5. The third-order valence-corrected chi connectivity index (χ3v) is 4.58. The van der Waals surface area contributed by atoms with Crippen molar-refractivity contribution < 1.29 is 14.6 Å². The quantitative estimate of drug-likeness (QED) is 0.500. The van der Waals surface area contributed by atoms with Crippen molar-refractivity contribution in [1.82, 2.24) is 9.78 Å². The number of nitrogens with zero attached hydrogens (tertiary/aromatic N) is 4. The number of nitrogens with one attached hydrogen (secondary N) is 1. The van der Waals surface area contributed by atoms with E-state index in [4.69, 9.17) is 0 Å². The highest BCUT2D eigenvalue weighted by Crippen LogP contribution is 2.35. The fourth-order valence-electron chi connectivity index (χ4n) is 2.04. The molecule has 0 bridgehead atoms. The molecule has 10 nitrogen and oxygen atoms in total. The van der Waals surface area contributed by atoms with E-state index in [0.717, 1.165) is 6.20 Å². The molecule has 0 saturated carbocycles. The maximum atomic E-state index is 12.1. The van der Waals surface area contributed by atoms with Crippen LogP contribution in [0.15, 0.2) is 27.3 Å². The Hall–Kier alpha value is -2.34. The van der Waals surface area contributed by atoms with Gasteiger partial charge < -0.3 is 5.32 Å². The van der Waals surface area contributed by atoms with E-state index in [0.29, 0.717) is 20.3 Å². The number of carbonyl (C=O) groups is 1. The third-order valence-electron chi connectivity index (χ3n) is 3.33. The molecule has 1 N–H and O–H groups in total. The zero-order chi connectivity index (χ0) is 18.7. The number of benzene rings is 1. The average Bonchev–Trinajstić information content (AvgIpc) is 2.89. The van der Waals surface area contributed by atoms with Crippen molar-refractivity contribution in [3.63, 3.8) is 0 Å². The largest absolute Gasteiger partial charge is 0.324 e. The molecule has 0 aliphatic rings. The molecular weight excluding hydrogens is 466 g/mol. The molecule has 2 aromatic rings. The second kappa shape index (κ2) is 7.70. The second-order valence-electron chi connectivity index (χ2n) is 4.94. The van der Waals surface area contributed by atoms with Gasteiger partial charge in [0.2, 0.25) is 5.91 Å². The van der Waals surface area contributed by atoms with Gasteiger partial charge in [-0.1, -0.05) is 0 Å². The Balaban J connectivity index is 2.06. The fraction of sp³-hybridized carbons (Fsp3) is 0.231. The fourth-order valence-corrected chi connectivity index (χ4v) is 3.40. The second-order valence-corrected chi connectivity index (χ2v) is 6.64. The van der Waals surface area contributed by atoms with Crippen LogP contribution in [0.25, 0.3) is 0 Å². The van der Waals surface area contributed by atoms with Crippen LogP contribution in [0.4, 0.5) is 17.1 Å². The Morgan fingerprint density at radius 2 is 1.84 bits per heavy atom. The molecule has 132 valence electrons. The number of rotatable bonds is 6. The number of hydrogen-bond donors (Lipinski definition) is 1. The molecule has 0 fully saturated rings. The van der Waals surface area contributed by atoms with Crippen LogP contribution < -0.4 is 5.32 Å². The van der Waals surface area contributed by atoms with Crippen molar-refractivity contribution in [1.29, 1.82) is 0 Å². The van der Waals surface area contributed by atoms with Crippen LogP contribution in [-0.2, 0) is 11.3 Å². The Morgan fingerprint density at radius 3 is 2.32 bits per heavy atom. The number of carbonyl (C=O) groups excluding carboxylic acids is 1. The van der Waals surface area contributed by atoms with Crippen LogP contribution in [0.3, 0.4) is 0 Å². The lowest BCUT2D eigenvalue weighted by Gasteiger charge is -2.10. The lowest BCUT2D eigenvalue weighted by atomic mass is 10.2. The summed E-state index contributed by atoms with van der Waals surface area (Å²) in [5.41, 5.74) is 0.478. The molecule has 1 heterocycles. The molecule has 0 aliphatic heterocycles. The number of aromatic nitrogens is 2. The van der Waals surface area contributed by atoms with E-state index < -0.39 is 9.85 Å². The number of anilines is 1. The Labute approximate surface area is 157 Å². The summed E-state index contributed by atoms with van der Waals surface area (Å²) in [7, 11) is 0. The maximum absolute atomic E-state index is 12.1. The summed E-state index contributed by atoms with van der Waals surface area (Å²) in [4.78, 5) is 32.6. The summed E-state index contributed by atoms with van der Waals surface area (Å²) in [5.74, 6) is -0.368. The Morgan fingerprint density at radius 1 is 1.24 bits per heavy atom. The Kier molecular flexibility index (Phi) is 5.85. The molecule has 1 amide bonds. The molecule has 0 aliphatic carbocycles. The van der Waals surface area contributed by atoms with E-state index in [2.05, 4.69) is 42.3 Å². The van der Waals surface area contributed by atoms with Crippen LogP contribution >= 0.6 is 31.9 Å². The van der Waals surface area contributed by atoms with E-state index in [1.54, 1.807) is 6.92 Å². The average molecular weight is 477 g/mol. The summed E-state index contributed by atoms with van der Waals surface area (Å²) in [6, 6.07) is 2.56. The summed E-state index contributed by atoms with van der Waals surface area (Å²) in [6.45, 7) is 1.71. The van der Waals surface area contributed by atoms with Gasteiger partial charge in [-0.05, 0) is 38.8 Å². The first kappa shape index (κ1) is 19.0. The Bertz CT molecular complexity index is 843. The predicted molar refractivity (Wildman–Crippen MR) is 95.4 cm³/mol. The molecule has 1 aromatic carbocycles. The van der Waals surface area contributed by atoms with Crippen LogP contribution in [0.1, 0.15) is 12.1 Å². The minimum atomic E-state index is -0.547. The van der Waals surface area contributed by atoms with Crippen molar-refractivity contribution in [3.05, 3.63) is 53.2 Å². The van der Waals surface area contributed by atoms with Crippen LogP contribution in [0, 0.1) is 27.2 Å². The van der Waals surface area contributed by atoms with Gasteiger partial charge in [0.25, 0.3) is 5.69 Å². The molecule has 12 heteroatoms. The van der Waals surface area contributed by atoms with Crippen molar-refractivity contribution in [2.75, 3.05) is 5.32 Å². The standard InChI is InChI=1S/C13H11Br2N5O5/c1-7-11(20(24)25)6-16-18(7)3-2-12(21)17-13-9(14)4-8(19(22)23)5-10(13)15/h4-6H,2-3H2,1H3,(H,17,21). The number of amides is 1. The number of hydrogen-bond acceptors (Lipinski definition) is 6. The smallest absolute Gasteiger partial charge is 0.309 e. The molecule has 0 radical (unpaired) electrons. The third kappa shape index (κ3) is 4.39. The van der Waals surface area contributed by atoms with Gasteiger partial charge in [0.15, 0.2) is 0 Å². The van der Waals surface area contributed by atoms with E-state index in [9.17, 15) is 25.0 Å². The van der Waals surface area contributed by atoms with Gasteiger partial charge in [0.1, 0.15) is 11.9 Å². The van der Waals surface area contributed by atoms with E-state index in [1.807, 2.05) is 0 Å². The first-order chi connectivity index (χ1) is 11.7. The highest BCUT2D eigenvalue weighted by molar-refractivity contribution is 9.11. The van der Waals surface area contributed by atoms with E-state index in [-0.39, 0.29) is 30.2 Å². The van der Waals surface area contributed by atoms with Crippen molar-refractivity contribution in [3.8, 4) is 0 Å². The topological polar surface area (TPSA) is 133 Å². The molecule has 25 heavy (non-hydrogen) atoms. The summed E-state index contributed by atoms with van der Waals surface area (Å²) in [5, 5.41) is 28.1. The molecule has 0 unspecified atom stereocenters. The van der Waals surface area contributed by atoms with Gasteiger partial charge >= 0.3 is 5.69 Å². The highest BCUT2D eigenvalue weighted by atomic mass is 79.9.